The number of hydrogen-bond acceptors (Lipinski definition) is 5. The number of carbonyl (C=O) groups is 3. The van der Waals surface area contributed by atoms with Crippen LogP contribution in [0.15, 0.2) is 29.2 Å². The Bertz CT molecular complexity index is 1260. The Kier molecular flexibility index (Phi) is 7.73. The summed E-state index contributed by atoms with van der Waals surface area (Å²) >= 11 is 18.5. The zero-order valence-corrected chi connectivity index (χ0v) is 21.0. The zero-order valence-electron chi connectivity index (χ0n) is 17.9. The second-order valence-corrected chi connectivity index (χ2v) is 11.0. The Morgan fingerprint density at radius 1 is 1.06 bits per heavy atom. The number of hydrogen-bond donors (Lipinski definition) is 1. The maximum Gasteiger partial charge on any atom is 0.227 e. The molecule has 0 bridgehead atoms. The zero-order chi connectivity index (χ0) is 24.5. The predicted molar refractivity (Wildman–Crippen MR) is 130 cm³/mol. The molecule has 3 rings (SSSR count). The van der Waals surface area contributed by atoms with Crippen LogP contribution in [0.1, 0.15) is 41.6 Å². The molecule has 2 aromatic rings. The van der Waals surface area contributed by atoms with Crippen molar-refractivity contribution in [2.75, 3.05) is 23.0 Å². The standard InChI is InChI=1S/C22H21Cl3N2O5S/c1-12-14(23)11-16(25)22-21(12)18(28)8-9-27(22)20(30)5-3-4-19(29)26-17-7-6-13(10-15(17)24)33(2,31)32/h6-7,10-11H,3-5,8-9H2,1-2H3,(H,26,29). The molecule has 2 aromatic carbocycles. The predicted octanol–water partition coefficient (Wildman–Crippen LogP) is 5.09. The molecule has 2 amide bonds. The molecule has 0 radical (unpaired) electrons. The molecule has 1 heterocycles. The number of Topliss-reactive ketones (excluding diaryl/α,β-unsaturated/α-hetero) is 1. The first-order chi connectivity index (χ1) is 15.4. The van der Waals surface area contributed by atoms with Crippen LogP contribution in [0.3, 0.4) is 0 Å². The van der Waals surface area contributed by atoms with Gasteiger partial charge < -0.3 is 10.2 Å². The number of benzene rings is 2. The second-order valence-electron chi connectivity index (χ2n) is 7.72. The van der Waals surface area contributed by atoms with Gasteiger partial charge in [0.15, 0.2) is 15.6 Å². The van der Waals surface area contributed by atoms with Crippen LogP contribution in [-0.4, -0.2) is 38.8 Å². The highest BCUT2D eigenvalue weighted by molar-refractivity contribution is 7.90. The fourth-order valence-corrected chi connectivity index (χ4v) is 5.09. The summed E-state index contributed by atoms with van der Waals surface area (Å²) in [5, 5.41) is 3.30. The van der Waals surface area contributed by atoms with E-state index in [0.29, 0.717) is 21.8 Å². The maximum absolute atomic E-state index is 12.9. The fraction of sp³-hybridized carbons (Fsp3) is 0.318. The Labute approximate surface area is 206 Å². The van der Waals surface area contributed by atoms with Crippen LogP contribution in [0.2, 0.25) is 15.1 Å². The monoisotopic (exact) mass is 530 g/mol. The van der Waals surface area contributed by atoms with Gasteiger partial charge in [-0.15, -0.1) is 0 Å². The molecular weight excluding hydrogens is 511 g/mol. The van der Waals surface area contributed by atoms with Gasteiger partial charge >= 0.3 is 0 Å². The van der Waals surface area contributed by atoms with Crippen molar-refractivity contribution >= 4 is 73.6 Å². The van der Waals surface area contributed by atoms with Gasteiger partial charge in [-0.25, -0.2) is 8.42 Å². The number of sulfone groups is 1. The van der Waals surface area contributed by atoms with Crippen molar-refractivity contribution in [2.24, 2.45) is 0 Å². The van der Waals surface area contributed by atoms with Crippen LogP contribution in [-0.2, 0) is 19.4 Å². The van der Waals surface area contributed by atoms with Gasteiger partial charge in [-0.3, -0.25) is 14.4 Å². The van der Waals surface area contributed by atoms with E-state index in [9.17, 15) is 22.8 Å². The van der Waals surface area contributed by atoms with E-state index in [-0.39, 0.29) is 70.5 Å². The first kappa shape index (κ1) is 25.5. The van der Waals surface area contributed by atoms with Gasteiger partial charge in [0, 0.05) is 42.6 Å². The molecule has 0 saturated carbocycles. The van der Waals surface area contributed by atoms with Gasteiger partial charge in [0.1, 0.15) is 0 Å². The third-order valence-corrected chi connectivity index (χ3v) is 7.40. The van der Waals surface area contributed by atoms with Crippen molar-refractivity contribution in [3.8, 4) is 0 Å². The lowest BCUT2D eigenvalue weighted by atomic mass is 9.95. The van der Waals surface area contributed by atoms with Gasteiger partial charge in [0.25, 0.3) is 0 Å². The molecule has 1 aliphatic heterocycles. The summed E-state index contributed by atoms with van der Waals surface area (Å²) < 4.78 is 23.2. The van der Waals surface area contributed by atoms with Gasteiger partial charge in [-0.05, 0) is 43.2 Å². The van der Waals surface area contributed by atoms with Crippen molar-refractivity contribution in [3.05, 3.63) is 50.5 Å². The summed E-state index contributed by atoms with van der Waals surface area (Å²) in [6.07, 6.45) is 1.60. The van der Waals surface area contributed by atoms with Crippen LogP contribution in [0.5, 0.6) is 0 Å². The SMILES string of the molecule is Cc1c(Cl)cc(Cl)c2c1C(=O)CCN2C(=O)CCCC(=O)Nc1ccc(S(C)(=O)=O)cc1Cl. The minimum atomic E-state index is -3.42. The average molecular weight is 532 g/mol. The van der Waals surface area contributed by atoms with Gasteiger partial charge in [0.2, 0.25) is 11.8 Å². The Morgan fingerprint density at radius 2 is 1.76 bits per heavy atom. The van der Waals surface area contributed by atoms with E-state index < -0.39 is 9.84 Å². The Balaban J connectivity index is 1.63. The van der Waals surface area contributed by atoms with Gasteiger partial charge in [0.05, 0.1) is 26.3 Å². The molecule has 1 aliphatic rings. The van der Waals surface area contributed by atoms with E-state index in [1.165, 1.54) is 29.2 Å². The molecule has 33 heavy (non-hydrogen) atoms. The minimum Gasteiger partial charge on any atom is -0.325 e. The van der Waals surface area contributed by atoms with Crippen molar-refractivity contribution in [1.29, 1.82) is 0 Å². The number of nitrogens with zero attached hydrogens (tertiary/aromatic N) is 1. The summed E-state index contributed by atoms with van der Waals surface area (Å²) in [6.45, 7) is 1.92. The van der Waals surface area contributed by atoms with Crippen LogP contribution < -0.4 is 10.2 Å². The van der Waals surface area contributed by atoms with Crippen LogP contribution in [0.4, 0.5) is 11.4 Å². The largest absolute Gasteiger partial charge is 0.325 e. The number of halogens is 3. The number of carbonyl (C=O) groups excluding carboxylic acids is 3. The number of nitrogens with one attached hydrogen (secondary N) is 1. The summed E-state index contributed by atoms with van der Waals surface area (Å²) in [5.74, 6) is -0.739. The number of ketones is 1. The van der Waals surface area contributed by atoms with E-state index in [2.05, 4.69) is 5.32 Å². The molecule has 0 aromatic heterocycles. The Morgan fingerprint density at radius 3 is 2.39 bits per heavy atom. The minimum absolute atomic E-state index is 0.0445. The fourth-order valence-electron chi connectivity index (χ4n) is 3.58. The van der Waals surface area contributed by atoms with Crippen molar-refractivity contribution in [3.63, 3.8) is 0 Å². The molecule has 1 N–H and O–H groups in total. The highest BCUT2D eigenvalue weighted by Crippen LogP contribution is 2.40. The van der Waals surface area contributed by atoms with Gasteiger partial charge in [-0.2, -0.15) is 0 Å². The smallest absolute Gasteiger partial charge is 0.227 e. The van der Waals surface area contributed by atoms with E-state index in [4.69, 9.17) is 34.8 Å². The van der Waals surface area contributed by atoms with Crippen molar-refractivity contribution < 1.29 is 22.8 Å². The highest BCUT2D eigenvalue weighted by Gasteiger charge is 2.31. The molecular formula is C22H21Cl3N2O5S. The molecule has 0 saturated heterocycles. The third-order valence-electron chi connectivity index (χ3n) is 5.30. The van der Waals surface area contributed by atoms with Crippen molar-refractivity contribution in [1.82, 2.24) is 0 Å². The number of amides is 2. The summed E-state index contributed by atoms with van der Waals surface area (Å²) in [4.78, 5) is 39.1. The van der Waals surface area contributed by atoms with E-state index in [0.717, 1.165) is 6.26 Å². The summed E-state index contributed by atoms with van der Waals surface area (Å²) in [7, 11) is -3.42. The third kappa shape index (κ3) is 5.69. The topological polar surface area (TPSA) is 101 Å². The quantitative estimate of drug-likeness (QED) is 0.560. The molecule has 0 unspecified atom stereocenters. The molecule has 0 aliphatic carbocycles. The van der Waals surface area contributed by atoms with Crippen LogP contribution in [0, 0.1) is 6.92 Å². The molecule has 7 nitrogen and oxygen atoms in total. The van der Waals surface area contributed by atoms with Crippen molar-refractivity contribution in [2.45, 2.75) is 37.5 Å². The highest BCUT2D eigenvalue weighted by atomic mass is 35.5. The number of fused-ring (bicyclic) bond motifs is 1. The summed E-state index contributed by atoms with van der Waals surface area (Å²) in [6, 6.07) is 5.55. The number of anilines is 2. The Hall–Kier alpha value is -2.13. The normalized spacial score (nSPS) is 13.6. The molecule has 0 fully saturated rings. The molecule has 0 spiro atoms. The molecule has 0 atom stereocenters. The van der Waals surface area contributed by atoms with E-state index >= 15 is 0 Å². The first-order valence-electron chi connectivity index (χ1n) is 10.0. The summed E-state index contributed by atoms with van der Waals surface area (Å²) in [5.41, 5.74) is 1.58. The average Bonchev–Trinajstić information content (AvgIpc) is 2.72. The first-order valence-corrected chi connectivity index (χ1v) is 13.0. The maximum atomic E-state index is 12.9. The molecule has 11 heteroatoms. The van der Waals surface area contributed by atoms with E-state index in [1.807, 2.05) is 0 Å². The lowest BCUT2D eigenvalue weighted by Crippen LogP contribution is -2.38. The lowest BCUT2D eigenvalue weighted by Gasteiger charge is -2.31. The number of rotatable bonds is 6. The molecule has 176 valence electrons. The lowest BCUT2D eigenvalue weighted by molar-refractivity contribution is -0.119. The second kappa shape index (κ2) is 10.0. The van der Waals surface area contributed by atoms with Crippen LogP contribution in [0.25, 0.3) is 0 Å². The van der Waals surface area contributed by atoms with Crippen LogP contribution >= 0.6 is 34.8 Å². The van der Waals surface area contributed by atoms with E-state index in [1.54, 1.807) is 6.92 Å². The van der Waals surface area contributed by atoms with Gasteiger partial charge in [-0.1, -0.05) is 34.8 Å².